The first kappa shape index (κ1) is 14.7. The molecule has 100 valence electrons. The molecule has 0 bridgehead atoms. The molecule has 0 radical (unpaired) electrons. The van der Waals surface area contributed by atoms with Gasteiger partial charge in [0.2, 0.25) is 0 Å². The first-order valence-corrected chi connectivity index (χ1v) is 5.78. The Balaban J connectivity index is 2.79. The van der Waals surface area contributed by atoms with Crippen LogP contribution in [0.15, 0.2) is 24.3 Å². The number of hydrogen-bond donors (Lipinski definition) is 0. The summed E-state index contributed by atoms with van der Waals surface area (Å²) >= 11 is 5.79. The Hall–Kier alpha value is -1.36. The lowest BCUT2D eigenvalue weighted by molar-refractivity contribution is -0.0498. The van der Waals surface area contributed by atoms with Crippen molar-refractivity contribution in [3.8, 4) is 5.75 Å². The van der Waals surface area contributed by atoms with Crippen molar-refractivity contribution in [2.24, 2.45) is 0 Å². The number of rotatable bonds is 5. The molecule has 1 aromatic carbocycles. The van der Waals surface area contributed by atoms with E-state index < -0.39 is 6.61 Å². The highest BCUT2D eigenvalue weighted by Gasteiger charge is 2.14. The van der Waals surface area contributed by atoms with Crippen molar-refractivity contribution in [2.45, 2.75) is 18.9 Å². The third kappa shape index (κ3) is 4.49. The summed E-state index contributed by atoms with van der Waals surface area (Å²) in [6.45, 7) is -0.766. The van der Waals surface area contributed by atoms with Crippen molar-refractivity contribution in [1.82, 2.24) is 4.90 Å². The van der Waals surface area contributed by atoms with Gasteiger partial charge in [0.05, 0.1) is 0 Å². The van der Waals surface area contributed by atoms with Crippen LogP contribution in [0.25, 0.3) is 0 Å². The molecular formula is C12H14ClF2NO2. The summed E-state index contributed by atoms with van der Waals surface area (Å²) in [5, 5.41) is -0.181. The highest BCUT2D eigenvalue weighted by Crippen LogP contribution is 2.17. The molecule has 0 aliphatic heterocycles. The molecule has 0 N–H and O–H groups in total. The maximum atomic E-state index is 12.0. The fourth-order valence-electron chi connectivity index (χ4n) is 1.49. The molecule has 1 atom stereocenters. The smallest absolute Gasteiger partial charge is 0.387 e. The van der Waals surface area contributed by atoms with Crippen LogP contribution in [0.1, 0.15) is 17.3 Å². The van der Waals surface area contributed by atoms with E-state index in [2.05, 4.69) is 4.74 Å². The first-order valence-electron chi connectivity index (χ1n) is 5.34. The third-order valence-corrected chi connectivity index (χ3v) is 2.32. The lowest BCUT2D eigenvalue weighted by Crippen LogP contribution is -2.31. The van der Waals surface area contributed by atoms with Gasteiger partial charge in [-0.25, -0.2) is 0 Å². The second-order valence-electron chi connectivity index (χ2n) is 3.87. The van der Waals surface area contributed by atoms with E-state index in [4.69, 9.17) is 11.6 Å². The monoisotopic (exact) mass is 277 g/mol. The van der Waals surface area contributed by atoms with Gasteiger partial charge in [0.25, 0.3) is 5.91 Å². The Morgan fingerprint density at radius 2 is 2.17 bits per heavy atom. The number of halogens is 3. The quantitative estimate of drug-likeness (QED) is 0.775. The number of carbonyl (C=O) groups is 1. The Bertz CT molecular complexity index is 413. The highest BCUT2D eigenvalue weighted by molar-refractivity contribution is 6.20. The number of alkyl halides is 3. The van der Waals surface area contributed by atoms with Crippen LogP contribution in [0.4, 0.5) is 8.78 Å². The van der Waals surface area contributed by atoms with E-state index in [9.17, 15) is 13.6 Å². The Morgan fingerprint density at radius 1 is 1.50 bits per heavy atom. The van der Waals surface area contributed by atoms with Crippen LogP contribution in [0, 0.1) is 0 Å². The average Bonchev–Trinajstić information content (AvgIpc) is 2.26. The fraction of sp³-hybridized carbons (Fsp3) is 0.417. The van der Waals surface area contributed by atoms with Crippen LogP contribution in [0.5, 0.6) is 5.75 Å². The zero-order valence-corrected chi connectivity index (χ0v) is 10.8. The van der Waals surface area contributed by atoms with Crippen LogP contribution in [0.2, 0.25) is 0 Å². The zero-order chi connectivity index (χ0) is 13.7. The minimum atomic E-state index is -2.91. The van der Waals surface area contributed by atoms with Gasteiger partial charge in [0, 0.05) is 24.5 Å². The Morgan fingerprint density at radius 3 is 2.72 bits per heavy atom. The van der Waals surface area contributed by atoms with Crippen LogP contribution in [-0.4, -0.2) is 36.4 Å². The standard InChI is InChI=1S/C12H14ClF2NO2/c1-8(13)7-16(2)11(17)9-4-3-5-10(6-9)18-12(14)15/h3-6,8,12H,7H2,1-2H3. The molecule has 18 heavy (non-hydrogen) atoms. The molecule has 1 aromatic rings. The van der Waals surface area contributed by atoms with E-state index in [-0.39, 0.29) is 22.6 Å². The average molecular weight is 278 g/mol. The summed E-state index contributed by atoms with van der Waals surface area (Å²) in [4.78, 5) is 13.4. The van der Waals surface area contributed by atoms with Gasteiger partial charge < -0.3 is 9.64 Å². The lowest BCUT2D eigenvalue weighted by Gasteiger charge is -2.18. The van der Waals surface area contributed by atoms with Crippen molar-refractivity contribution < 1.29 is 18.3 Å². The minimum Gasteiger partial charge on any atom is -0.435 e. The summed E-state index contributed by atoms with van der Waals surface area (Å²) in [6, 6.07) is 5.68. The molecule has 0 saturated heterocycles. The number of nitrogens with zero attached hydrogens (tertiary/aromatic N) is 1. The second-order valence-corrected chi connectivity index (χ2v) is 4.62. The maximum Gasteiger partial charge on any atom is 0.387 e. The molecule has 1 unspecified atom stereocenters. The second kappa shape index (κ2) is 6.54. The minimum absolute atomic E-state index is 0.0387. The van der Waals surface area contributed by atoms with E-state index in [0.717, 1.165) is 0 Å². The topological polar surface area (TPSA) is 29.5 Å². The predicted molar refractivity (Wildman–Crippen MR) is 65.3 cm³/mol. The van der Waals surface area contributed by atoms with Gasteiger partial charge in [0.1, 0.15) is 5.75 Å². The molecular weight excluding hydrogens is 264 g/mol. The number of benzene rings is 1. The molecule has 3 nitrogen and oxygen atoms in total. The molecule has 0 fully saturated rings. The number of ether oxygens (including phenoxy) is 1. The van der Waals surface area contributed by atoms with Gasteiger partial charge in [-0.05, 0) is 25.1 Å². The van der Waals surface area contributed by atoms with Crippen LogP contribution in [-0.2, 0) is 0 Å². The maximum absolute atomic E-state index is 12.0. The van der Waals surface area contributed by atoms with Crippen molar-refractivity contribution in [1.29, 1.82) is 0 Å². The Kier molecular flexibility index (Phi) is 5.34. The van der Waals surface area contributed by atoms with Crippen molar-refractivity contribution >= 4 is 17.5 Å². The molecule has 0 heterocycles. The molecule has 0 saturated carbocycles. The largest absolute Gasteiger partial charge is 0.435 e. The van der Waals surface area contributed by atoms with Crippen LogP contribution in [0.3, 0.4) is 0 Å². The molecule has 0 aromatic heterocycles. The molecule has 1 amide bonds. The van der Waals surface area contributed by atoms with Gasteiger partial charge in [-0.1, -0.05) is 6.07 Å². The van der Waals surface area contributed by atoms with Gasteiger partial charge in [-0.15, -0.1) is 11.6 Å². The Labute approximate surface area is 109 Å². The van der Waals surface area contributed by atoms with E-state index in [0.29, 0.717) is 6.54 Å². The predicted octanol–water partition coefficient (Wildman–Crippen LogP) is 2.99. The van der Waals surface area contributed by atoms with E-state index in [1.54, 1.807) is 14.0 Å². The van der Waals surface area contributed by atoms with Crippen LogP contribution < -0.4 is 4.74 Å². The first-order chi connectivity index (χ1) is 8.40. The summed E-state index contributed by atoms with van der Waals surface area (Å²) in [6.07, 6.45) is 0. The summed E-state index contributed by atoms with van der Waals surface area (Å²) in [5.41, 5.74) is 0.285. The molecule has 0 aliphatic rings. The SMILES string of the molecule is CC(Cl)CN(C)C(=O)c1cccc(OC(F)F)c1. The summed E-state index contributed by atoms with van der Waals surface area (Å²) < 4.78 is 28.3. The molecule has 1 rings (SSSR count). The van der Waals surface area contributed by atoms with Crippen molar-refractivity contribution in [3.63, 3.8) is 0 Å². The van der Waals surface area contributed by atoms with Crippen molar-refractivity contribution in [2.75, 3.05) is 13.6 Å². The number of amides is 1. The van der Waals surface area contributed by atoms with Gasteiger partial charge in [-0.3, -0.25) is 4.79 Å². The molecule has 6 heteroatoms. The third-order valence-electron chi connectivity index (χ3n) is 2.18. The molecule has 0 aliphatic carbocycles. The van der Waals surface area contributed by atoms with Crippen LogP contribution >= 0.6 is 11.6 Å². The molecule has 0 spiro atoms. The van der Waals surface area contributed by atoms with Gasteiger partial charge in [0.15, 0.2) is 0 Å². The normalized spacial score (nSPS) is 12.3. The summed E-state index contributed by atoms with van der Waals surface area (Å²) in [7, 11) is 1.60. The van der Waals surface area contributed by atoms with Gasteiger partial charge in [-0.2, -0.15) is 8.78 Å². The fourth-order valence-corrected chi connectivity index (χ4v) is 1.69. The number of hydrogen-bond acceptors (Lipinski definition) is 2. The van der Waals surface area contributed by atoms with E-state index in [1.165, 1.54) is 29.2 Å². The zero-order valence-electron chi connectivity index (χ0n) is 10.1. The summed E-state index contributed by atoms with van der Waals surface area (Å²) in [5.74, 6) is -0.328. The van der Waals surface area contributed by atoms with E-state index in [1.807, 2.05) is 0 Å². The lowest BCUT2D eigenvalue weighted by atomic mass is 10.2. The number of carbonyl (C=O) groups excluding carboxylic acids is 1. The van der Waals surface area contributed by atoms with Crippen molar-refractivity contribution in [3.05, 3.63) is 29.8 Å². The van der Waals surface area contributed by atoms with Gasteiger partial charge >= 0.3 is 6.61 Å². The highest BCUT2D eigenvalue weighted by atomic mass is 35.5. The van der Waals surface area contributed by atoms with E-state index >= 15 is 0 Å².